The van der Waals surface area contributed by atoms with E-state index in [0.717, 1.165) is 44.9 Å². The van der Waals surface area contributed by atoms with Crippen molar-refractivity contribution in [2.24, 2.45) is 0 Å². The van der Waals surface area contributed by atoms with Crippen LogP contribution in [0.5, 0.6) is 0 Å². The van der Waals surface area contributed by atoms with Crippen molar-refractivity contribution < 1.29 is 64.6 Å². The Bertz CT molecular complexity index is 1730. The maximum atomic E-state index is 13.4. The molecule has 14 heteroatoms. The summed E-state index contributed by atoms with van der Waals surface area (Å²) in [5.41, 5.74) is 0. The molecule has 2 fully saturated rings. The van der Waals surface area contributed by atoms with Gasteiger partial charge in [-0.15, -0.1) is 0 Å². The van der Waals surface area contributed by atoms with E-state index in [-0.39, 0.29) is 18.9 Å². The first-order chi connectivity index (χ1) is 49.1. The summed E-state index contributed by atoms with van der Waals surface area (Å²) >= 11 is 0. The van der Waals surface area contributed by atoms with Gasteiger partial charge in [-0.3, -0.25) is 4.79 Å². The van der Waals surface area contributed by atoms with Gasteiger partial charge < -0.3 is 65.1 Å². The fraction of sp³-hybridized carbons (Fsp3) is 0.965. The van der Waals surface area contributed by atoms with Crippen molar-refractivity contribution in [3.8, 4) is 0 Å². The van der Waals surface area contributed by atoms with Gasteiger partial charge in [-0.05, 0) is 19.3 Å². The molecule has 0 bridgehead atoms. The minimum absolute atomic E-state index is 0.227. The molecule has 0 aromatic heterocycles. The highest BCUT2D eigenvalue weighted by Crippen LogP contribution is 2.31. The van der Waals surface area contributed by atoms with Crippen molar-refractivity contribution in [3.63, 3.8) is 0 Å². The number of allylic oxidation sites excluding steroid dienone is 1. The van der Waals surface area contributed by atoms with Gasteiger partial charge in [-0.2, -0.15) is 0 Å². The molecular formula is C86H167NO13. The van der Waals surface area contributed by atoms with Crippen LogP contribution in [0.3, 0.4) is 0 Å². The Balaban J connectivity index is 1.56. The van der Waals surface area contributed by atoms with Gasteiger partial charge in [-0.1, -0.05) is 424 Å². The third kappa shape index (κ3) is 52.7. The number of aliphatic hydroxyl groups excluding tert-OH is 8. The molecule has 1 amide bonds. The first-order valence-electron chi connectivity index (χ1n) is 43.9. The van der Waals surface area contributed by atoms with E-state index in [1.54, 1.807) is 6.08 Å². The van der Waals surface area contributed by atoms with Crippen LogP contribution < -0.4 is 5.32 Å². The zero-order valence-corrected chi connectivity index (χ0v) is 65.5. The van der Waals surface area contributed by atoms with Crippen LogP contribution in [0.15, 0.2) is 12.2 Å². The van der Waals surface area contributed by atoms with Crippen LogP contribution in [-0.2, 0) is 23.7 Å². The Kier molecular flexibility index (Phi) is 67.0. The molecule has 2 aliphatic rings. The number of carbonyl (C=O) groups is 1. The zero-order valence-electron chi connectivity index (χ0n) is 65.5. The molecule has 14 nitrogen and oxygen atoms in total. The van der Waals surface area contributed by atoms with Gasteiger partial charge in [0.15, 0.2) is 12.6 Å². The fourth-order valence-corrected chi connectivity index (χ4v) is 15.1. The lowest BCUT2D eigenvalue weighted by Crippen LogP contribution is -2.65. The Hall–Kier alpha value is -1.27. The first-order valence-corrected chi connectivity index (χ1v) is 43.9. The highest BCUT2D eigenvalue weighted by Gasteiger charge is 2.51. The summed E-state index contributed by atoms with van der Waals surface area (Å²) in [6.45, 7) is 2.89. The van der Waals surface area contributed by atoms with Gasteiger partial charge >= 0.3 is 0 Å². The third-order valence-corrected chi connectivity index (χ3v) is 22.0. The fourth-order valence-electron chi connectivity index (χ4n) is 15.1. The van der Waals surface area contributed by atoms with E-state index < -0.39 is 86.8 Å². The average molecular weight is 1420 g/mol. The van der Waals surface area contributed by atoms with Crippen LogP contribution >= 0.6 is 0 Å². The van der Waals surface area contributed by atoms with Crippen molar-refractivity contribution in [1.29, 1.82) is 0 Å². The van der Waals surface area contributed by atoms with E-state index in [9.17, 15) is 45.6 Å². The summed E-state index contributed by atoms with van der Waals surface area (Å²) in [5.74, 6) is -0.227. The molecule has 0 saturated carbocycles. The van der Waals surface area contributed by atoms with Crippen LogP contribution in [0, 0.1) is 0 Å². The minimum Gasteiger partial charge on any atom is -0.394 e. The first kappa shape index (κ1) is 94.8. The molecule has 12 unspecified atom stereocenters. The number of hydrogen-bond acceptors (Lipinski definition) is 13. The molecule has 100 heavy (non-hydrogen) atoms. The van der Waals surface area contributed by atoms with E-state index in [4.69, 9.17) is 18.9 Å². The normalized spacial score (nSPS) is 21.8. The van der Waals surface area contributed by atoms with E-state index in [1.165, 1.54) is 372 Å². The van der Waals surface area contributed by atoms with E-state index >= 15 is 0 Å². The molecular weight excluding hydrogens is 1250 g/mol. The maximum absolute atomic E-state index is 13.4. The summed E-state index contributed by atoms with van der Waals surface area (Å²) < 4.78 is 23.0. The van der Waals surface area contributed by atoms with Gasteiger partial charge in [0.25, 0.3) is 0 Å². The van der Waals surface area contributed by atoms with Gasteiger partial charge in [0.1, 0.15) is 48.8 Å². The number of amides is 1. The summed E-state index contributed by atoms with van der Waals surface area (Å²) in [6, 6.07) is -0.913. The Labute approximate surface area is 616 Å². The number of carbonyl (C=O) groups excluding carboxylic acids is 1. The smallest absolute Gasteiger partial charge is 0.220 e. The highest BCUT2D eigenvalue weighted by molar-refractivity contribution is 5.76. The number of ether oxygens (including phenoxy) is 4. The quantitative estimate of drug-likeness (QED) is 0.0204. The summed E-state index contributed by atoms with van der Waals surface area (Å²) in [4.78, 5) is 13.4. The second kappa shape index (κ2) is 70.7. The molecule has 2 saturated heterocycles. The van der Waals surface area contributed by atoms with Crippen LogP contribution in [0.4, 0.5) is 0 Å². The SMILES string of the molecule is CCCCCCCCCCCCCCCCCCCCCCCCCCCCC/C=C/C(O)C(COC1OC(CO)C(OC2OC(CO)C(O)C(O)C2O)C(O)C1O)NC(=O)CCCCCCCCCCCCCCCCCCCCCCCCCCCCCCCCCCCCCCC. The number of unbranched alkanes of at least 4 members (excludes halogenated alkanes) is 63. The zero-order chi connectivity index (χ0) is 72.2. The van der Waals surface area contributed by atoms with Crippen molar-refractivity contribution in [2.45, 2.75) is 511 Å². The lowest BCUT2D eigenvalue weighted by Gasteiger charge is -2.46. The highest BCUT2D eigenvalue weighted by atomic mass is 16.7. The molecule has 9 N–H and O–H groups in total. The standard InChI is InChI=1S/C86H167NO13/c1-3-5-7-9-11-13-15-17-19-21-23-25-27-29-31-33-34-35-36-37-38-39-40-42-44-46-48-50-52-54-56-58-60-62-64-66-68-70-78(91)87-74(73-97-85-83(96)81(94)84(77(72-89)99-85)100-86-82(95)80(93)79(92)76(71-88)98-86)75(90)69-67-65-63-61-59-57-55-53-51-49-47-45-43-41-32-30-28-26-24-22-20-18-16-14-12-10-8-6-4-2/h67,69,74-77,79-86,88-90,92-96H,3-66,68,70-73H2,1-2H3,(H,87,91)/b69-67+. The van der Waals surface area contributed by atoms with E-state index in [0.29, 0.717) is 0 Å². The number of nitrogens with one attached hydrogen (secondary N) is 1. The predicted octanol–water partition coefficient (Wildman–Crippen LogP) is 20.8. The third-order valence-electron chi connectivity index (χ3n) is 22.0. The average Bonchev–Trinajstić information content (AvgIpc) is 0.791. The lowest BCUT2D eigenvalue weighted by molar-refractivity contribution is -0.359. The molecule has 2 rings (SSSR count). The van der Waals surface area contributed by atoms with E-state index in [2.05, 4.69) is 19.2 Å². The predicted molar refractivity (Wildman–Crippen MR) is 416 cm³/mol. The largest absolute Gasteiger partial charge is 0.394 e. The van der Waals surface area contributed by atoms with Crippen LogP contribution in [0.2, 0.25) is 0 Å². The minimum atomic E-state index is -1.79. The van der Waals surface area contributed by atoms with Crippen LogP contribution in [-0.4, -0.2) is 140 Å². The number of hydrogen-bond donors (Lipinski definition) is 9. The molecule has 0 radical (unpaired) electrons. The molecule has 2 aliphatic heterocycles. The van der Waals surface area contributed by atoms with Gasteiger partial charge in [0.2, 0.25) is 5.91 Å². The summed E-state index contributed by atoms with van der Waals surface area (Å²) in [5, 5.41) is 87.8. The topological polar surface area (TPSA) is 228 Å². The van der Waals surface area contributed by atoms with Crippen molar-refractivity contribution in [2.75, 3.05) is 19.8 Å². The van der Waals surface area contributed by atoms with E-state index in [1.807, 2.05) is 6.08 Å². The molecule has 0 aliphatic carbocycles. The second-order valence-corrected chi connectivity index (χ2v) is 31.4. The van der Waals surface area contributed by atoms with Crippen molar-refractivity contribution >= 4 is 5.91 Å². The Morgan fingerprint density at radius 3 is 0.920 bits per heavy atom. The molecule has 2 heterocycles. The maximum Gasteiger partial charge on any atom is 0.220 e. The lowest BCUT2D eigenvalue weighted by atomic mass is 9.97. The van der Waals surface area contributed by atoms with Crippen molar-refractivity contribution in [3.05, 3.63) is 12.2 Å². The summed E-state index contributed by atoms with van der Waals surface area (Å²) in [7, 11) is 0. The molecule has 594 valence electrons. The van der Waals surface area contributed by atoms with Crippen molar-refractivity contribution in [1.82, 2.24) is 5.32 Å². The molecule has 0 aromatic rings. The Morgan fingerprint density at radius 1 is 0.350 bits per heavy atom. The van der Waals surface area contributed by atoms with Crippen LogP contribution in [0.25, 0.3) is 0 Å². The number of rotatable bonds is 76. The monoisotopic (exact) mass is 1420 g/mol. The van der Waals surface area contributed by atoms with Gasteiger partial charge in [0, 0.05) is 6.42 Å². The van der Waals surface area contributed by atoms with Gasteiger partial charge in [0.05, 0.1) is 32.0 Å². The summed E-state index contributed by atoms with van der Waals surface area (Å²) in [6.07, 6.45) is 74.7. The second-order valence-electron chi connectivity index (χ2n) is 31.4. The molecule has 0 spiro atoms. The van der Waals surface area contributed by atoms with Crippen LogP contribution in [0.1, 0.15) is 438 Å². The Morgan fingerprint density at radius 2 is 0.620 bits per heavy atom. The molecule has 0 aromatic carbocycles. The van der Waals surface area contributed by atoms with Gasteiger partial charge in [-0.25, -0.2) is 0 Å². The molecule has 12 atom stereocenters. The number of aliphatic hydroxyl groups is 8.